The van der Waals surface area contributed by atoms with Crippen molar-refractivity contribution in [2.24, 2.45) is 0 Å². The number of anilines is 1. The number of benzene rings is 2. The molecule has 0 saturated carbocycles. The second kappa shape index (κ2) is 15.8. The predicted molar refractivity (Wildman–Crippen MR) is 160 cm³/mol. The van der Waals surface area contributed by atoms with Crippen LogP contribution >= 0.6 is 0 Å². The van der Waals surface area contributed by atoms with E-state index in [0.29, 0.717) is 55.8 Å². The maximum atomic E-state index is 12.9. The van der Waals surface area contributed by atoms with Gasteiger partial charge in [-0.05, 0) is 88.9 Å². The van der Waals surface area contributed by atoms with Gasteiger partial charge in [-0.1, -0.05) is 25.0 Å². The highest BCUT2D eigenvalue weighted by molar-refractivity contribution is 5.94. The van der Waals surface area contributed by atoms with Crippen molar-refractivity contribution in [3.63, 3.8) is 0 Å². The average molecular weight is 565 g/mol. The molecule has 3 aliphatic heterocycles. The van der Waals surface area contributed by atoms with E-state index in [4.69, 9.17) is 4.74 Å². The van der Waals surface area contributed by atoms with Crippen LogP contribution in [0.15, 0.2) is 48.5 Å². The monoisotopic (exact) mass is 564 g/mol. The number of carbonyl (C=O) groups excluding carboxylic acids is 4. The Morgan fingerprint density at radius 3 is 1.63 bits per heavy atom. The number of nitrogens with zero attached hydrogens (tertiary/aromatic N) is 2. The summed E-state index contributed by atoms with van der Waals surface area (Å²) in [5.74, 6) is 0.775. The summed E-state index contributed by atoms with van der Waals surface area (Å²) in [4.78, 5) is 54.2. The maximum absolute atomic E-state index is 12.9. The molecule has 0 radical (unpaired) electrons. The number of amides is 4. The zero-order valence-corrected chi connectivity index (χ0v) is 24.8. The van der Waals surface area contributed by atoms with Crippen molar-refractivity contribution in [2.75, 3.05) is 25.0 Å². The summed E-state index contributed by atoms with van der Waals surface area (Å²) >= 11 is 0. The van der Waals surface area contributed by atoms with Gasteiger partial charge in [0.25, 0.3) is 0 Å². The summed E-state index contributed by atoms with van der Waals surface area (Å²) in [5.41, 5.74) is 1.68. The topological polar surface area (TPSA) is 108 Å². The van der Waals surface area contributed by atoms with Gasteiger partial charge in [-0.2, -0.15) is 0 Å². The van der Waals surface area contributed by atoms with Gasteiger partial charge in [0.05, 0.1) is 6.54 Å². The van der Waals surface area contributed by atoms with Crippen molar-refractivity contribution >= 4 is 29.3 Å². The third-order valence-electron chi connectivity index (χ3n) is 7.08. The van der Waals surface area contributed by atoms with E-state index in [1.54, 1.807) is 34.1 Å². The van der Waals surface area contributed by atoms with Gasteiger partial charge in [0, 0.05) is 37.2 Å². The lowest BCUT2D eigenvalue weighted by Crippen LogP contribution is -2.44. The molecule has 2 N–H and O–H groups in total. The van der Waals surface area contributed by atoms with E-state index in [-0.39, 0.29) is 48.8 Å². The number of carbonyl (C=O) groups is 4. The highest BCUT2D eigenvalue weighted by Crippen LogP contribution is 2.23. The van der Waals surface area contributed by atoms with E-state index in [1.165, 1.54) is 0 Å². The van der Waals surface area contributed by atoms with E-state index in [1.807, 2.05) is 52.0 Å². The third kappa shape index (κ3) is 10.6. The number of nitrogens with one attached hydrogen (secondary N) is 2. The van der Waals surface area contributed by atoms with Crippen molar-refractivity contribution in [3.8, 4) is 11.5 Å². The summed E-state index contributed by atoms with van der Waals surface area (Å²) in [7, 11) is 0. The molecule has 0 aromatic heterocycles. The van der Waals surface area contributed by atoms with E-state index in [2.05, 4.69) is 10.6 Å². The Labute approximate surface area is 243 Å². The quantitative estimate of drug-likeness (QED) is 0.539. The summed E-state index contributed by atoms with van der Waals surface area (Å²) in [6, 6.07) is 14.6. The van der Waals surface area contributed by atoms with Gasteiger partial charge >= 0.3 is 0 Å². The van der Waals surface area contributed by atoms with Crippen LogP contribution in [0.25, 0.3) is 0 Å². The fraction of sp³-hybridized carbons (Fsp3) is 0.500. The smallest absolute Gasteiger partial charge is 0.244 e. The van der Waals surface area contributed by atoms with Crippen LogP contribution < -0.4 is 15.4 Å². The molecule has 0 fully saturated rings. The van der Waals surface area contributed by atoms with Crippen molar-refractivity contribution < 1.29 is 23.9 Å². The molecule has 4 bridgehead atoms. The lowest BCUT2D eigenvalue weighted by atomic mass is 10.1. The predicted octanol–water partition coefficient (Wildman–Crippen LogP) is 4.90. The SMILES string of the molecule is CC(C)N1CC(=O)NCCc2ccc(cc2)Oc2ccc(cc2)NC(=O)CN(C(C)C)C(=O)CCCCCCC1=O. The Morgan fingerprint density at radius 2 is 1.12 bits per heavy atom. The van der Waals surface area contributed by atoms with E-state index in [9.17, 15) is 19.2 Å². The summed E-state index contributed by atoms with van der Waals surface area (Å²) < 4.78 is 5.93. The first-order valence-electron chi connectivity index (χ1n) is 14.6. The van der Waals surface area contributed by atoms with Crippen molar-refractivity contribution in [2.45, 2.75) is 84.7 Å². The van der Waals surface area contributed by atoms with E-state index < -0.39 is 0 Å². The van der Waals surface area contributed by atoms with Crippen LogP contribution in [-0.4, -0.2) is 65.1 Å². The molecule has 0 unspecified atom stereocenters. The van der Waals surface area contributed by atoms with Crippen molar-refractivity contribution in [1.29, 1.82) is 0 Å². The molecule has 9 nitrogen and oxygen atoms in total. The van der Waals surface area contributed by atoms with Gasteiger partial charge in [-0.25, -0.2) is 0 Å². The van der Waals surface area contributed by atoms with Gasteiger partial charge in [-0.3, -0.25) is 19.2 Å². The van der Waals surface area contributed by atoms with Gasteiger partial charge in [0.1, 0.15) is 18.0 Å². The Balaban J connectivity index is 1.70. The number of ether oxygens (including phenoxy) is 1. The Hall–Kier alpha value is -3.88. The first kappa shape index (κ1) is 31.6. The molecule has 0 saturated heterocycles. The molecular weight excluding hydrogens is 520 g/mol. The summed E-state index contributed by atoms with van der Waals surface area (Å²) in [5, 5.41) is 5.79. The zero-order valence-electron chi connectivity index (χ0n) is 24.8. The van der Waals surface area contributed by atoms with Gasteiger partial charge in [0.2, 0.25) is 23.6 Å². The van der Waals surface area contributed by atoms with E-state index >= 15 is 0 Å². The van der Waals surface area contributed by atoms with Crippen LogP contribution in [-0.2, 0) is 25.6 Å². The van der Waals surface area contributed by atoms with E-state index in [0.717, 1.165) is 18.4 Å². The fourth-order valence-electron chi connectivity index (χ4n) is 4.69. The van der Waals surface area contributed by atoms with Crippen LogP contribution in [0.3, 0.4) is 0 Å². The average Bonchev–Trinajstić information content (AvgIpc) is 2.93. The summed E-state index contributed by atoms with van der Waals surface area (Å²) in [6.45, 7) is 8.12. The highest BCUT2D eigenvalue weighted by Gasteiger charge is 2.21. The minimum Gasteiger partial charge on any atom is -0.457 e. The third-order valence-corrected chi connectivity index (χ3v) is 7.08. The molecule has 2 aromatic carbocycles. The van der Waals surface area contributed by atoms with Crippen LogP contribution in [0.4, 0.5) is 5.69 Å². The lowest BCUT2D eigenvalue weighted by Gasteiger charge is -2.26. The second-order valence-electron chi connectivity index (χ2n) is 11.1. The van der Waals surface area contributed by atoms with Crippen molar-refractivity contribution in [3.05, 3.63) is 54.1 Å². The molecule has 2 aromatic rings. The molecule has 5 rings (SSSR count). The van der Waals surface area contributed by atoms with Crippen LogP contribution in [0.5, 0.6) is 11.5 Å². The first-order valence-corrected chi connectivity index (χ1v) is 14.6. The Morgan fingerprint density at radius 1 is 0.634 bits per heavy atom. The highest BCUT2D eigenvalue weighted by atomic mass is 16.5. The standard InChI is InChI=1S/C32H44N4O5/c1-23(2)35-21-29(37)33-20-19-25-11-15-27(16-12-25)41-28-17-13-26(14-18-28)34-30(38)22-36(24(3)4)32(40)10-8-6-5-7-9-31(35)39/h11-18,23-24H,5-10,19-22H2,1-4H3,(H,33,37)(H,34,38). The molecule has 222 valence electrons. The summed E-state index contributed by atoms with van der Waals surface area (Å²) in [6.07, 6.45) is 4.40. The Kier molecular flexibility index (Phi) is 12.2. The molecular formula is C32H44N4O5. The molecule has 0 aliphatic carbocycles. The fourth-order valence-corrected chi connectivity index (χ4v) is 4.69. The minimum atomic E-state index is -0.255. The maximum Gasteiger partial charge on any atom is 0.244 e. The van der Waals surface area contributed by atoms with Crippen molar-refractivity contribution in [1.82, 2.24) is 15.1 Å². The van der Waals surface area contributed by atoms with Gasteiger partial charge in [0.15, 0.2) is 0 Å². The van der Waals surface area contributed by atoms with Gasteiger partial charge < -0.3 is 25.2 Å². The minimum absolute atomic E-state index is 0.0196. The second-order valence-corrected chi connectivity index (χ2v) is 11.1. The molecule has 3 heterocycles. The Bertz CT molecular complexity index is 1160. The number of hydrogen-bond donors (Lipinski definition) is 2. The normalized spacial score (nSPS) is 17.4. The van der Waals surface area contributed by atoms with Crippen LogP contribution in [0, 0.1) is 0 Å². The number of fused-ring (bicyclic) bond motifs is 2. The number of rotatable bonds is 2. The molecule has 41 heavy (non-hydrogen) atoms. The lowest BCUT2D eigenvalue weighted by molar-refractivity contribution is -0.137. The van der Waals surface area contributed by atoms with Gasteiger partial charge in [-0.15, -0.1) is 0 Å². The van der Waals surface area contributed by atoms with Crippen LogP contribution in [0.1, 0.15) is 71.8 Å². The first-order chi connectivity index (χ1) is 19.6. The largest absolute Gasteiger partial charge is 0.457 e. The molecule has 0 spiro atoms. The zero-order chi connectivity index (χ0) is 29.8. The number of hydrogen-bond acceptors (Lipinski definition) is 5. The molecule has 9 heteroatoms. The van der Waals surface area contributed by atoms with Crippen LogP contribution in [0.2, 0.25) is 0 Å². The molecule has 0 atom stereocenters. The molecule has 4 amide bonds. The molecule has 3 aliphatic rings.